The Balaban J connectivity index is 1.56. The fourth-order valence-electron chi connectivity index (χ4n) is 2.65. The Bertz CT molecular complexity index is 1150. The summed E-state index contributed by atoms with van der Waals surface area (Å²) in [4.78, 5) is 25.9. The van der Waals surface area contributed by atoms with Gasteiger partial charge in [-0.1, -0.05) is 29.8 Å². The molecule has 8 heteroatoms. The van der Waals surface area contributed by atoms with E-state index in [4.69, 9.17) is 11.6 Å². The van der Waals surface area contributed by atoms with Crippen LogP contribution in [0.4, 0.5) is 9.52 Å². The number of nitrogens with one attached hydrogen (secondary N) is 1. The Labute approximate surface area is 162 Å². The van der Waals surface area contributed by atoms with E-state index in [1.54, 1.807) is 6.20 Å². The lowest BCUT2D eigenvalue weighted by molar-refractivity contribution is 0.102. The molecule has 5 nitrogen and oxygen atoms in total. The summed E-state index contributed by atoms with van der Waals surface area (Å²) in [7, 11) is 0. The fourth-order valence-corrected chi connectivity index (χ4v) is 3.69. The molecule has 0 aliphatic heterocycles. The van der Waals surface area contributed by atoms with Gasteiger partial charge >= 0.3 is 0 Å². The third-order valence-electron chi connectivity index (χ3n) is 3.88. The summed E-state index contributed by atoms with van der Waals surface area (Å²) >= 11 is 7.52. The molecule has 1 N–H and O–H groups in total. The van der Waals surface area contributed by atoms with Crippen LogP contribution in [0.5, 0.6) is 0 Å². The first-order valence-electron chi connectivity index (χ1n) is 8.00. The molecule has 0 saturated heterocycles. The zero-order valence-electron chi connectivity index (χ0n) is 13.8. The van der Waals surface area contributed by atoms with E-state index in [0.717, 1.165) is 16.5 Å². The number of nitrogens with zero attached hydrogens (tertiary/aromatic N) is 3. The Morgan fingerprint density at radius 2 is 1.96 bits per heavy atom. The van der Waals surface area contributed by atoms with Gasteiger partial charge < -0.3 is 0 Å². The number of rotatable bonds is 4. The predicted octanol–water partition coefficient (Wildman–Crippen LogP) is 4.72. The topological polar surface area (TPSA) is 67.8 Å². The number of thiazole rings is 1. The van der Waals surface area contributed by atoms with Gasteiger partial charge in [-0.2, -0.15) is 0 Å². The molecule has 0 bridgehead atoms. The average molecular weight is 399 g/mol. The minimum Gasteiger partial charge on any atom is -0.298 e. The van der Waals surface area contributed by atoms with Crippen molar-refractivity contribution in [2.45, 2.75) is 6.42 Å². The lowest BCUT2D eigenvalue weighted by Gasteiger charge is -2.05. The van der Waals surface area contributed by atoms with Crippen LogP contribution in [0.25, 0.3) is 11.0 Å². The van der Waals surface area contributed by atoms with Crippen LogP contribution in [0.3, 0.4) is 0 Å². The van der Waals surface area contributed by atoms with Crippen molar-refractivity contribution in [2.24, 2.45) is 0 Å². The van der Waals surface area contributed by atoms with Gasteiger partial charge in [0.15, 0.2) is 5.13 Å². The number of hydrogen-bond donors (Lipinski definition) is 1. The van der Waals surface area contributed by atoms with Crippen molar-refractivity contribution < 1.29 is 9.18 Å². The zero-order chi connectivity index (χ0) is 18.8. The number of hydrogen-bond acceptors (Lipinski definition) is 5. The number of benzene rings is 2. The third-order valence-corrected chi connectivity index (χ3v) is 5.16. The number of carbonyl (C=O) groups is 1. The van der Waals surface area contributed by atoms with Crippen LogP contribution < -0.4 is 5.32 Å². The fraction of sp³-hybridized carbons (Fsp3) is 0.0526. The Morgan fingerprint density at radius 3 is 2.81 bits per heavy atom. The molecule has 4 rings (SSSR count). The number of carbonyl (C=O) groups excluding carboxylic acids is 1. The van der Waals surface area contributed by atoms with Crippen LogP contribution in [-0.2, 0) is 6.42 Å². The second-order valence-electron chi connectivity index (χ2n) is 5.73. The van der Waals surface area contributed by atoms with Crippen molar-refractivity contribution in [3.05, 3.63) is 81.8 Å². The van der Waals surface area contributed by atoms with Gasteiger partial charge in [0.1, 0.15) is 11.3 Å². The molecular weight excluding hydrogens is 387 g/mol. The molecule has 4 aromatic rings. The molecule has 0 fully saturated rings. The molecule has 0 unspecified atom stereocenters. The van der Waals surface area contributed by atoms with Crippen molar-refractivity contribution in [1.29, 1.82) is 0 Å². The molecule has 0 saturated carbocycles. The van der Waals surface area contributed by atoms with Gasteiger partial charge in [-0.3, -0.25) is 20.1 Å². The van der Waals surface area contributed by atoms with E-state index in [9.17, 15) is 9.18 Å². The van der Waals surface area contributed by atoms with E-state index >= 15 is 0 Å². The maximum atomic E-state index is 13.8. The molecule has 27 heavy (non-hydrogen) atoms. The van der Waals surface area contributed by atoms with Crippen molar-refractivity contribution in [3.63, 3.8) is 0 Å². The monoisotopic (exact) mass is 398 g/mol. The lowest BCUT2D eigenvalue weighted by Crippen LogP contribution is -2.13. The van der Waals surface area contributed by atoms with Crippen LogP contribution in [0.1, 0.15) is 20.8 Å². The van der Waals surface area contributed by atoms with E-state index in [-0.39, 0.29) is 5.56 Å². The molecule has 2 aromatic heterocycles. The quantitative estimate of drug-likeness (QED) is 0.540. The van der Waals surface area contributed by atoms with Crippen molar-refractivity contribution >= 4 is 45.0 Å². The molecular formula is C19H12ClFN4OS. The lowest BCUT2D eigenvalue weighted by atomic mass is 10.1. The smallest absolute Gasteiger partial charge is 0.259 e. The zero-order valence-corrected chi connectivity index (χ0v) is 15.4. The first kappa shape index (κ1) is 17.5. The summed E-state index contributed by atoms with van der Waals surface area (Å²) in [5, 5.41) is 3.80. The Morgan fingerprint density at radius 1 is 1.15 bits per heavy atom. The van der Waals surface area contributed by atoms with Crippen LogP contribution >= 0.6 is 22.9 Å². The van der Waals surface area contributed by atoms with Gasteiger partial charge in [-0.25, -0.2) is 9.37 Å². The number of aromatic nitrogens is 3. The number of amides is 1. The van der Waals surface area contributed by atoms with Gasteiger partial charge in [-0.15, -0.1) is 11.3 Å². The first-order chi connectivity index (χ1) is 13.1. The minimum absolute atomic E-state index is 0.112. The van der Waals surface area contributed by atoms with Crippen LogP contribution in [0.2, 0.25) is 5.02 Å². The molecule has 0 aliphatic rings. The van der Waals surface area contributed by atoms with Crippen LogP contribution in [0.15, 0.2) is 55.0 Å². The van der Waals surface area contributed by atoms with Gasteiger partial charge in [-0.05, 0) is 17.7 Å². The van der Waals surface area contributed by atoms with Gasteiger partial charge in [0.2, 0.25) is 0 Å². The first-order valence-corrected chi connectivity index (χ1v) is 9.19. The minimum atomic E-state index is -0.549. The van der Waals surface area contributed by atoms with Crippen molar-refractivity contribution in [1.82, 2.24) is 15.0 Å². The maximum absolute atomic E-state index is 13.8. The van der Waals surface area contributed by atoms with Gasteiger partial charge in [0, 0.05) is 41.0 Å². The number of fused-ring (bicyclic) bond motifs is 1. The van der Waals surface area contributed by atoms with Gasteiger partial charge in [0.25, 0.3) is 5.91 Å². The summed E-state index contributed by atoms with van der Waals surface area (Å²) in [6, 6.07) is 9.95. The standard InChI is InChI=1S/C19H12ClFN4OS/c20-15-4-2-1-3-11(15)7-13-10-24-19(27-13)25-18(26)14-8-12(21)9-16-17(14)23-6-5-22-16/h1-6,8-10H,7H2,(H,24,25,26). The van der Waals surface area contributed by atoms with Gasteiger partial charge in [0.05, 0.1) is 11.1 Å². The number of halogens is 2. The van der Waals surface area contributed by atoms with E-state index < -0.39 is 11.7 Å². The number of anilines is 1. The summed E-state index contributed by atoms with van der Waals surface area (Å²) in [6.07, 6.45) is 5.21. The largest absolute Gasteiger partial charge is 0.298 e. The molecule has 0 radical (unpaired) electrons. The van der Waals surface area contributed by atoms with E-state index in [1.165, 1.54) is 29.8 Å². The van der Waals surface area contributed by atoms with Crippen molar-refractivity contribution in [3.8, 4) is 0 Å². The second kappa shape index (κ2) is 7.38. The highest BCUT2D eigenvalue weighted by Crippen LogP contribution is 2.25. The third kappa shape index (κ3) is 3.79. The maximum Gasteiger partial charge on any atom is 0.259 e. The Kier molecular flexibility index (Phi) is 4.79. The van der Waals surface area contributed by atoms with Crippen LogP contribution in [-0.4, -0.2) is 20.9 Å². The van der Waals surface area contributed by atoms with E-state index in [0.29, 0.717) is 27.6 Å². The predicted molar refractivity (Wildman–Crippen MR) is 104 cm³/mol. The van der Waals surface area contributed by atoms with Crippen molar-refractivity contribution in [2.75, 3.05) is 5.32 Å². The molecule has 0 spiro atoms. The Hall–Kier alpha value is -2.90. The van der Waals surface area contributed by atoms with E-state index in [1.807, 2.05) is 24.3 Å². The summed E-state index contributed by atoms with van der Waals surface area (Å²) < 4.78 is 13.8. The molecule has 2 heterocycles. The molecule has 0 atom stereocenters. The highest BCUT2D eigenvalue weighted by molar-refractivity contribution is 7.15. The SMILES string of the molecule is O=C(Nc1ncc(Cc2ccccc2Cl)s1)c1cc(F)cc2nccnc12. The molecule has 1 amide bonds. The molecule has 134 valence electrons. The molecule has 2 aromatic carbocycles. The van der Waals surface area contributed by atoms with E-state index in [2.05, 4.69) is 20.3 Å². The summed E-state index contributed by atoms with van der Waals surface area (Å²) in [5.74, 6) is -1.04. The summed E-state index contributed by atoms with van der Waals surface area (Å²) in [6.45, 7) is 0. The average Bonchev–Trinajstić information content (AvgIpc) is 3.09. The highest BCUT2D eigenvalue weighted by atomic mass is 35.5. The summed E-state index contributed by atoms with van der Waals surface area (Å²) in [5.41, 5.74) is 1.75. The second-order valence-corrected chi connectivity index (χ2v) is 7.25. The highest BCUT2D eigenvalue weighted by Gasteiger charge is 2.16. The van der Waals surface area contributed by atoms with Crippen LogP contribution in [0, 0.1) is 5.82 Å². The normalized spacial score (nSPS) is 10.9. The molecule has 0 aliphatic carbocycles.